The lowest BCUT2D eigenvalue weighted by Crippen LogP contribution is -2.38. The summed E-state index contributed by atoms with van der Waals surface area (Å²) >= 11 is 3.30. The van der Waals surface area contributed by atoms with E-state index in [9.17, 15) is 4.79 Å². The highest BCUT2D eigenvalue weighted by molar-refractivity contribution is 7.11. The average molecular weight is 336 g/mol. The number of aryl methyl sites for hydroxylation is 1. The molecule has 0 radical (unpaired) electrons. The van der Waals surface area contributed by atoms with Gasteiger partial charge in [0, 0.05) is 22.4 Å². The molecule has 1 aliphatic rings. The van der Waals surface area contributed by atoms with Crippen LogP contribution in [0.3, 0.4) is 0 Å². The molecular formula is C15H20N4OS2. The number of hydrogen-bond donors (Lipinski definition) is 2. The predicted octanol–water partition coefficient (Wildman–Crippen LogP) is 3.91. The molecule has 2 heterocycles. The summed E-state index contributed by atoms with van der Waals surface area (Å²) in [4.78, 5) is 22.2. The van der Waals surface area contributed by atoms with Crippen molar-refractivity contribution in [1.29, 1.82) is 0 Å². The van der Waals surface area contributed by atoms with Crippen molar-refractivity contribution in [2.75, 3.05) is 0 Å². The number of rotatable bonds is 5. The van der Waals surface area contributed by atoms with Crippen LogP contribution in [0.2, 0.25) is 0 Å². The Morgan fingerprint density at radius 2 is 2.05 bits per heavy atom. The van der Waals surface area contributed by atoms with Crippen LogP contribution in [0, 0.1) is 6.92 Å². The molecule has 22 heavy (non-hydrogen) atoms. The summed E-state index contributed by atoms with van der Waals surface area (Å²) in [7, 11) is 0. The van der Waals surface area contributed by atoms with E-state index in [-0.39, 0.29) is 18.1 Å². The SMILES string of the molecule is Cc1cnc([C@@H](C)NC(=O)N[C@@H](C)c2csc(C3CC3)n2)s1. The number of nitrogens with one attached hydrogen (secondary N) is 2. The molecule has 2 aromatic rings. The summed E-state index contributed by atoms with van der Waals surface area (Å²) in [5.41, 5.74) is 0.944. The van der Waals surface area contributed by atoms with Crippen LogP contribution in [0.5, 0.6) is 0 Å². The number of hydrogen-bond acceptors (Lipinski definition) is 5. The van der Waals surface area contributed by atoms with Gasteiger partial charge in [-0.25, -0.2) is 14.8 Å². The second-order valence-corrected chi connectivity index (χ2v) is 7.91. The number of carbonyl (C=O) groups excluding carboxylic acids is 1. The zero-order valence-corrected chi connectivity index (χ0v) is 14.6. The van der Waals surface area contributed by atoms with Gasteiger partial charge in [0.15, 0.2) is 0 Å². The van der Waals surface area contributed by atoms with Crippen molar-refractivity contribution in [2.45, 2.75) is 51.6 Å². The van der Waals surface area contributed by atoms with E-state index in [2.05, 4.69) is 20.6 Å². The van der Waals surface area contributed by atoms with Crippen molar-refractivity contribution < 1.29 is 4.79 Å². The zero-order chi connectivity index (χ0) is 15.7. The van der Waals surface area contributed by atoms with Crippen molar-refractivity contribution in [3.05, 3.63) is 32.2 Å². The lowest BCUT2D eigenvalue weighted by Gasteiger charge is -2.15. The van der Waals surface area contributed by atoms with Crippen LogP contribution in [0.25, 0.3) is 0 Å². The molecular weight excluding hydrogens is 316 g/mol. The molecule has 0 unspecified atom stereocenters. The van der Waals surface area contributed by atoms with E-state index >= 15 is 0 Å². The van der Waals surface area contributed by atoms with Crippen molar-refractivity contribution in [2.24, 2.45) is 0 Å². The molecule has 2 N–H and O–H groups in total. The van der Waals surface area contributed by atoms with Gasteiger partial charge in [0.1, 0.15) is 5.01 Å². The van der Waals surface area contributed by atoms with Gasteiger partial charge >= 0.3 is 6.03 Å². The van der Waals surface area contributed by atoms with E-state index in [1.807, 2.05) is 32.3 Å². The second kappa shape index (κ2) is 6.34. The van der Waals surface area contributed by atoms with Gasteiger partial charge in [0.2, 0.25) is 0 Å². The molecule has 0 bridgehead atoms. The molecule has 0 saturated heterocycles. The lowest BCUT2D eigenvalue weighted by molar-refractivity contribution is 0.234. The lowest BCUT2D eigenvalue weighted by atomic mass is 10.2. The Kier molecular flexibility index (Phi) is 4.44. The quantitative estimate of drug-likeness (QED) is 0.870. The molecule has 0 aromatic carbocycles. The highest BCUT2D eigenvalue weighted by Gasteiger charge is 2.27. The molecule has 2 atom stereocenters. The maximum absolute atomic E-state index is 12.1. The standard InChI is InChI=1S/C15H20N4OS2/c1-8-6-16-13(22-8)10(3)18-15(20)17-9(2)12-7-21-14(19-12)11-4-5-11/h6-7,9-11H,4-5H2,1-3H3,(H2,17,18,20)/t9-,10+/m0/s1. The fraction of sp³-hybridized carbons (Fsp3) is 0.533. The van der Waals surface area contributed by atoms with E-state index in [0.29, 0.717) is 5.92 Å². The van der Waals surface area contributed by atoms with Gasteiger partial charge in [-0.2, -0.15) is 0 Å². The van der Waals surface area contributed by atoms with E-state index in [1.54, 1.807) is 22.7 Å². The van der Waals surface area contributed by atoms with E-state index in [0.717, 1.165) is 15.6 Å². The maximum atomic E-state index is 12.1. The number of aromatic nitrogens is 2. The minimum absolute atomic E-state index is 0.0889. The Balaban J connectivity index is 1.53. The van der Waals surface area contributed by atoms with Gasteiger partial charge in [-0.3, -0.25) is 0 Å². The van der Waals surface area contributed by atoms with E-state index in [1.165, 1.54) is 17.8 Å². The van der Waals surface area contributed by atoms with Crippen LogP contribution in [0.1, 0.15) is 65.3 Å². The summed E-state index contributed by atoms with van der Waals surface area (Å²) in [6.45, 7) is 5.91. The van der Waals surface area contributed by atoms with Crippen molar-refractivity contribution in [3.63, 3.8) is 0 Å². The molecule has 1 saturated carbocycles. The first-order valence-corrected chi connectivity index (χ1v) is 9.17. The predicted molar refractivity (Wildman–Crippen MR) is 89.4 cm³/mol. The highest BCUT2D eigenvalue weighted by Crippen LogP contribution is 2.41. The number of thiazole rings is 2. The molecule has 118 valence electrons. The van der Waals surface area contributed by atoms with Crippen LogP contribution in [0.15, 0.2) is 11.6 Å². The first-order chi connectivity index (χ1) is 10.5. The molecule has 3 rings (SSSR count). The summed E-state index contributed by atoms with van der Waals surface area (Å²) in [6.07, 6.45) is 4.33. The molecule has 2 amide bonds. The largest absolute Gasteiger partial charge is 0.330 e. The summed E-state index contributed by atoms with van der Waals surface area (Å²) < 4.78 is 0. The van der Waals surface area contributed by atoms with Gasteiger partial charge in [0.25, 0.3) is 0 Å². The van der Waals surface area contributed by atoms with Crippen molar-refractivity contribution in [1.82, 2.24) is 20.6 Å². The van der Waals surface area contributed by atoms with E-state index < -0.39 is 0 Å². The van der Waals surface area contributed by atoms with E-state index in [4.69, 9.17) is 0 Å². The smallest absolute Gasteiger partial charge is 0.315 e. The molecule has 1 aliphatic carbocycles. The maximum Gasteiger partial charge on any atom is 0.315 e. The van der Waals surface area contributed by atoms with Gasteiger partial charge in [-0.05, 0) is 33.6 Å². The fourth-order valence-electron chi connectivity index (χ4n) is 2.16. The number of amides is 2. The molecule has 2 aromatic heterocycles. The highest BCUT2D eigenvalue weighted by atomic mass is 32.1. The van der Waals surface area contributed by atoms with Crippen LogP contribution in [-0.4, -0.2) is 16.0 Å². The van der Waals surface area contributed by atoms with Gasteiger partial charge in [-0.1, -0.05) is 0 Å². The minimum atomic E-state index is -0.186. The van der Waals surface area contributed by atoms with Crippen molar-refractivity contribution in [3.8, 4) is 0 Å². The Morgan fingerprint density at radius 3 is 2.68 bits per heavy atom. The third-order valence-electron chi connectivity index (χ3n) is 3.61. The average Bonchev–Trinajstić information content (AvgIpc) is 3.02. The Hall–Kier alpha value is -1.47. The number of nitrogens with zero attached hydrogens (tertiary/aromatic N) is 2. The zero-order valence-electron chi connectivity index (χ0n) is 12.9. The van der Waals surface area contributed by atoms with Crippen LogP contribution >= 0.6 is 22.7 Å². The normalized spacial score (nSPS) is 17.0. The first-order valence-electron chi connectivity index (χ1n) is 7.47. The Morgan fingerprint density at radius 1 is 1.32 bits per heavy atom. The van der Waals surface area contributed by atoms with Crippen LogP contribution in [-0.2, 0) is 0 Å². The molecule has 0 aliphatic heterocycles. The third kappa shape index (κ3) is 3.64. The fourth-order valence-corrected chi connectivity index (χ4v) is 4.02. The summed E-state index contributed by atoms with van der Waals surface area (Å²) in [5, 5.41) is 10.0. The molecule has 0 spiro atoms. The first kappa shape index (κ1) is 15.4. The van der Waals surface area contributed by atoms with Crippen LogP contribution < -0.4 is 10.6 Å². The summed E-state index contributed by atoms with van der Waals surface area (Å²) in [6, 6.07) is -0.369. The van der Waals surface area contributed by atoms with Gasteiger partial charge < -0.3 is 10.6 Å². The topological polar surface area (TPSA) is 66.9 Å². The Bertz CT molecular complexity index is 662. The number of carbonyl (C=O) groups is 1. The number of urea groups is 1. The minimum Gasteiger partial charge on any atom is -0.330 e. The summed E-state index contributed by atoms with van der Waals surface area (Å²) in [5.74, 6) is 0.660. The molecule has 7 heteroatoms. The molecule has 5 nitrogen and oxygen atoms in total. The van der Waals surface area contributed by atoms with Crippen molar-refractivity contribution >= 4 is 28.7 Å². The second-order valence-electron chi connectivity index (χ2n) is 5.76. The van der Waals surface area contributed by atoms with Crippen LogP contribution in [0.4, 0.5) is 4.79 Å². The molecule has 1 fully saturated rings. The Labute approximate surface area is 138 Å². The van der Waals surface area contributed by atoms with Gasteiger partial charge in [-0.15, -0.1) is 22.7 Å². The van der Waals surface area contributed by atoms with Gasteiger partial charge in [0.05, 0.1) is 22.8 Å². The third-order valence-corrected chi connectivity index (χ3v) is 5.74. The monoisotopic (exact) mass is 336 g/mol.